The first kappa shape index (κ1) is 23.0. The van der Waals surface area contributed by atoms with Crippen LogP contribution in [0.4, 0.5) is 4.39 Å². The molecule has 5 nitrogen and oxygen atoms in total. The van der Waals surface area contributed by atoms with Gasteiger partial charge >= 0.3 is 0 Å². The molecule has 0 N–H and O–H groups in total. The second kappa shape index (κ2) is 8.78. The molecule has 2 aromatic carbocycles. The van der Waals surface area contributed by atoms with E-state index in [0.717, 1.165) is 25.1 Å². The molecule has 0 spiro atoms. The maximum absolute atomic E-state index is 13.7. The normalized spacial score (nSPS) is 20.8. The molecule has 3 aromatic rings. The number of piperazine rings is 2. The number of thiophene rings is 1. The molecular weight excluding hydrogens is 449 g/mol. The summed E-state index contributed by atoms with van der Waals surface area (Å²) in [5.74, 6) is -0.371. The van der Waals surface area contributed by atoms with E-state index in [4.69, 9.17) is 0 Å². The summed E-state index contributed by atoms with van der Waals surface area (Å²) in [4.78, 5) is 34.3. The Morgan fingerprint density at radius 3 is 2.50 bits per heavy atom. The summed E-state index contributed by atoms with van der Waals surface area (Å²) >= 11 is 1.85. The summed E-state index contributed by atoms with van der Waals surface area (Å²) in [5, 5.41) is 1.29. The highest BCUT2D eigenvalue weighted by atomic mass is 32.1. The number of hydrogen-bond acceptors (Lipinski definition) is 4. The summed E-state index contributed by atoms with van der Waals surface area (Å²) < 4.78 is 14.7. The van der Waals surface area contributed by atoms with E-state index in [9.17, 15) is 14.0 Å². The zero-order valence-corrected chi connectivity index (χ0v) is 20.7. The van der Waals surface area contributed by atoms with Gasteiger partial charge in [-0.15, -0.1) is 11.3 Å². The molecule has 1 unspecified atom stereocenters. The van der Waals surface area contributed by atoms with Crippen molar-refractivity contribution in [1.29, 1.82) is 0 Å². The quantitative estimate of drug-likeness (QED) is 0.544. The van der Waals surface area contributed by atoms with Crippen LogP contribution in [-0.2, 0) is 29.1 Å². The molecule has 7 heteroatoms. The molecule has 5 rings (SSSR count). The summed E-state index contributed by atoms with van der Waals surface area (Å²) in [6.07, 6.45) is 0.981. The smallest absolute Gasteiger partial charge is 0.248 e. The Hall–Kier alpha value is -2.77. The summed E-state index contributed by atoms with van der Waals surface area (Å²) in [7, 11) is 0. The van der Waals surface area contributed by atoms with Crippen molar-refractivity contribution in [2.45, 2.75) is 51.9 Å². The van der Waals surface area contributed by atoms with Gasteiger partial charge in [0, 0.05) is 42.3 Å². The predicted octanol–water partition coefficient (Wildman–Crippen LogP) is 4.44. The summed E-state index contributed by atoms with van der Waals surface area (Å²) in [6.45, 7) is 8.69. The van der Waals surface area contributed by atoms with Gasteiger partial charge < -0.3 is 9.80 Å². The Bertz CT molecular complexity index is 1240. The zero-order chi connectivity index (χ0) is 24.0. The molecule has 0 bridgehead atoms. The average Bonchev–Trinajstić information content (AvgIpc) is 3.19. The predicted molar refractivity (Wildman–Crippen MR) is 133 cm³/mol. The lowest BCUT2D eigenvalue weighted by atomic mass is 9.91. The van der Waals surface area contributed by atoms with E-state index in [-0.39, 0.29) is 24.2 Å². The Morgan fingerprint density at radius 1 is 1.03 bits per heavy atom. The van der Waals surface area contributed by atoms with E-state index in [1.807, 2.05) is 25.2 Å². The van der Waals surface area contributed by atoms with Crippen LogP contribution in [0, 0.1) is 5.82 Å². The van der Waals surface area contributed by atoms with Crippen molar-refractivity contribution in [3.8, 4) is 0 Å². The van der Waals surface area contributed by atoms with Crippen LogP contribution in [0.1, 0.15) is 36.8 Å². The molecule has 178 valence electrons. The van der Waals surface area contributed by atoms with Gasteiger partial charge in [0.05, 0.1) is 0 Å². The molecule has 34 heavy (non-hydrogen) atoms. The van der Waals surface area contributed by atoms with Gasteiger partial charge in [-0.05, 0) is 55.0 Å². The first-order valence-electron chi connectivity index (χ1n) is 11.9. The second-order valence-corrected chi connectivity index (χ2v) is 10.8. The fourth-order valence-corrected chi connectivity index (χ4v) is 6.40. The van der Waals surface area contributed by atoms with E-state index in [1.165, 1.54) is 32.7 Å². The highest BCUT2D eigenvalue weighted by Crippen LogP contribution is 2.35. The topological polar surface area (TPSA) is 43.9 Å². The van der Waals surface area contributed by atoms with Crippen LogP contribution in [0.3, 0.4) is 0 Å². The molecule has 0 aliphatic carbocycles. The van der Waals surface area contributed by atoms with Gasteiger partial charge in [0.15, 0.2) is 0 Å². The van der Waals surface area contributed by atoms with Crippen molar-refractivity contribution in [2.75, 3.05) is 19.6 Å². The first-order chi connectivity index (χ1) is 16.3. The van der Waals surface area contributed by atoms with Gasteiger partial charge in [0.2, 0.25) is 11.8 Å². The van der Waals surface area contributed by atoms with Crippen molar-refractivity contribution < 1.29 is 14.0 Å². The number of halogens is 1. The molecule has 2 amide bonds. The Kier molecular flexibility index (Phi) is 5.94. The number of hydrogen-bond donors (Lipinski definition) is 0. The van der Waals surface area contributed by atoms with Crippen molar-refractivity contribution in [1.82, 2.24) is 14.7 Å². The third-order valence-corrected chi connectivity index (χ3v) is 8.57. The molecule has 2 fully saturated rings. The van der Waals surface area contributed by atoms with Crippen LogP contribution < -0.4 is 0 Å². The van der Waals surface area contributed by atoms with E-state index < -0.39 is 11.6 Å². The molecule has 1 atom stereocenters. The highest BCUT2D eigenvalue weighted by molar-refractivity contribution is 7.19. The average molecular weight is 480 g/mol. The van der Waals surface area contributed by atoms with Gasteiger partial charge in [-0.1, -0.05) is 37.3 Å². The lowest BCUT2D eigenvalue weighted by molar-refractivity contribution is -0.173. The van der Waals surface area contributed by atoms with Crippen molar-refractivity contribution in [3.63, 3.8) is 0 Å². The highest BCUT2D eigenvalue weighted by Gasteiger charge is 2.52. The van der Waals surface area contributed by atoms with Crippen LogP contribution >= 0.6 is 11.3 Å². The molecule has 2 aliphatic heterocycles. The van der Waals surface area contributed by atoms with Crippen molar-refractivity contribution >= 4 is 33.2 Å². The molecule has 1 aromatic heterocycles. The largest absolute Gasteiger partial charge is 0.326 e. The SMILES string of the molecule is CCc1sc2ccccc2c1CN1CCN2C(=O)C(C)(C)N(Cc3ccc(F)cc3)C(=O)C2C1. The van der Waals surface area contributed by atoms with Gasteiger partial charge in [-0.3, -0.25) is 14.5 Å². The maximum atomic E-state index is 13.7. The van der Waals surface area contributed by atoms with Crippen LogP contribution in [-0.4, -0.2) is 57.7 Å². The van der Waals surface area contributed by atoms with Gasteiger partial charge in [0.1, 0.15) is 17.4 Å². The molecule has 2 saturated heterocycles. The fourth-order valence-electron chi connectivity index (χ4n) is 5.24. The zero-order valence-electron chi connectivity index (χ0n) is 19.9. The molecular formula is C27H30FN3O2S. The van der Waals surface area contributed by atoms with Crippen LogP contribution in [0.5, 0.6) is 0 Å². The number of carbonyl (C=O) groups is 2. The lowest BCUT2D eigenvalue weighted by Crippen LogP contribution is -2.73. The Labute approximate surface area is 203 Å². The second-order valence-electron chi connectivity index (χ2n) is 9.71. The summed E-state index contributed by atoms with van der Waals surface area (Å²) in [5.41, 5.74) is 1.21. The maximum Gasteiger partial charge on any atom is 0.248 e. The van der Waals surface area contributed by atoms with E-state index >= 15 is 0 Å². The van der Waals surface area contributed by atoms with Crippen LogP contribution in [0.2, 0.25) is 0 Å². The standard InChI is InChI=1S/C27H30FN3O2S/c1-4-23-21(20-7-5-6-8-24(20)34-23)16-29-13-14-30-22(17-29)25(32)31(27(2,3)26(30)33)15-18-9-11-19(28)12-10-18/h5-12,22H,4,13-17H2,1-3H3. The molecule has 3 heterocycles. The lowest BCUT2D eigenvalue weighted by Gasteiger charge is -2.52. The third-order valence-electron chi connectivity index (χ3n) is 7.21. The van der Waals surface area contributed by atoms with E-state index in [2.05, 4.69) is 36.1 Å². The monoisotopic (exact) mass is 479 g/mol. The summed E-state index contributed by atoms with van der Waals surface area (Å²) in [6, 6.07) is 14.1. The minimum atomic E-state index is -0.941. The van der Waals surface area contributed by atoms with Crippen molar-refractivity contribution in [2.24, 2.45) is 0 Å². The number of rotatable bonds is 5. The van der Waals surface area contributed by atoms with Gasteiger partial charge in [0.25, 0.3) is 0 Å². The molecule has 0 saturated carbocycles. The van der Waals surface area contributed by atoms with Gasteiger partial charge in [-0.2, -0.15) is 0 Å². The Morgan fingerprint density at radius 2 is 1.76 bits per heavy atom. The number of nitrogens with zero attached hydrogens (tertiary/aromatic N) is 3. The van der Waals surface area contributed by atoms with E-state index in [0.29, 0.717) is 13.1 Å². The number of carbonyl (C=O) groups excluding carboxylic acids is 2. The number of benzene rings is 2. The molecule has 0 radical (unpaired) electrons. The molecule has 2 aliphatic rings. The van der Waals surface area contributed by atoms with E-state index in [1.54, 1.807) is 21.9 Å². The van der Waals surface area contributed by atoms with Crippen LogP contribution in [0.25, 0.3) is 10.1 Å². The third kappa shape index (κ3) is 3.91. The van der Waals surface area contributed by atoms with Crippen molar-refractivity contribution in [3.05, 3.63) is 70.4 Å². The number of amides is 2. The minimum absolute atomic E-state index is 0.0194. The first-order valence-corrected chi connectivity index (χ1v) is 12.7. The van der Waals surface area contributed by atoms with Gasteiger partial charge in [-0.25, -0.2) is 4.39 Å². The minimum Gasteiger partial charge on any atom is -0.326 e. The Balaban J connectivity index is 1.39. The number of aryl methyl sites for hydroxylation is 1. The van der Waals surface area contributed by atoms with Crippen LogP contribution in [0.15, 0.2) is 48.5 Å². The fraction of sp³-hybridized carbons (Fsp3) is 0.407. The number of fused-ring (bicyclic) bond motifs is 2.